The molecule has 8 heteroatoms. The molecule has 2 fully saturated rings. The van der Waals surface area contributed by atoms with Crippen molar-refractivity contribution in [1.29, 1.82) is 5.26 Å². The molecule has 0 radical (unpaired) electrons. The largest absolute Gasteiger partial charge is 0.442 e. The van der Waals surface area contributed by atoms with E-state index < -0.39 is 18.0 Å². The smallest absolute Gasteiger partial charge is 0.414 e. The summed E-state index contributed by atoms with van der Waals surface area (Å²) >= 11 is 0. The molecule has 31 heavy (non-hydrogen) atoms. The second-order valence-corrected chi connectivity index (χ2v) is 7.93. The van der Waals surface area contributed by atoms with Crippen molar-refractivity contribution >= 4 is 17.7 Å². The number of halogens is 1. The summed E-state index contributed by atoms with van der Waals surface area (Å²) in [6.45, 7) is 4.22. The third kappa shape index (κ3) is 4.67. The van der Waals surface area contributed by atoms with E-state index in [1.165, 1.54) is 17.9 Å². The van der Waals surface area contributed by atoms with E-state index in [0.29, 0.717) is 11.3 Å². The van der Waals surface area contributed by atoms with Crippen LogP contribution in [0.1, 0.15) is 12.5 Å². The first-order chi connectivity index (χ1) is 14.9. The molecule has 1 N–H and O–H groups in total. The molecular formula is C23H23FN4O3. The van der Waals surface area contributed by atoms with E-state index >= 15 is 0 Å². The highest BCUT2D eigenvalue weighted by Gasteiger charge is 2.32. The van der Waals surface area contributed by atoms with E-state index in [-0.39, 0.29) is 24.9 Å². The number of carbonyl (C=O) groups is 2. The molecule has 7 nitrogen and oxygen atoms in total. The van der Waals surface area contributed by atoms with Gasteiger partial charge in [0.25, 0.3) is 0 Å². The van der Waals surface area contributed by atoms with Gasteiger partial charge in [-0.15, -0.1) is 0 Å². The SMILES string of the molecule is CC(=O)NCC1CN(c2ccc(-c3ccc(CN4CC(C#N)C4)cc3)c(F)c2)C(=O)O1. The first-order valence-electron chi connectivity index (χ1n) is 10.2. The quantitative estimate of drug-likeness (QED) is 0.774. The lowest BCUT2D eigenvalue weighted by atomic mass is 9.99. The molecule has 2 aliphatic heterocycles. The molecule has 0 bridgehead atoms. The highest BCUT2D eigenvalue weighted by atomic mass is 19.1. The number of nitriles is 1. The van der Waals surface area contributed by atoms with Gasteiger partial charge in [0, 0.05) is 32.1 Å². The van der Waals surface area contributed by atoms with Crippen LogP contribution >= 0.6 is 0 Å². The van der Waals surface area contributed by atoms with Crippen molar-refractivity contribution in [3.05, 3.63) is 53.8 Å². The van der Waals surface area contributed by atoms with Crippen LogP contribution in [0.4, 0.5) is 14.9 Å². The van der Waals surface area contributed by atoms with E-state index in [0.717, 1.165) is 30.8 Å². The molecule has 2 aromatic carbocycles. The topological polar surface area (TPSA) is 85.7 Å². The third-order valence-corrected chi connectivity index (χ3v) is 5.53. The Morgan fingerprint density at radius 3 is 2.61 bits per heavy atom. The Bertz CT molecular complexity index is 1030. The molecule has 2 heterocycles. The van der Waals surface area contributed by atoms with Crippen molar-refractivity contribution in [3.8, 4) is 17.2 Å². The van der Waals surface area contributed by atoms with Gasteiger partial charge in [-0.05, 0) is 29.3 Å². The van der Waals surface area contributed by atoms with E-state index in [9.17, 15) is 14.0 Å². The normalized spacial score (nSPS) is 18.9. The van der Waals surface area contributed by atoms with Gasteiger partial charge >= 0.3 is 6.09 Å². The molecule has 2 aliphatic rings. The standard InChI is InChI=1S/C23H23FN4O3/c1-15(29)26-10-20-14-28(23(30)31-20)19-6-7-21(22(24)8-19)18-4-2-16(3-5-18)11-27-12-17(9-25)13-27/h2-8,17,20H,10-14H2,1H3,(H,26,29). The van der Waals surface area contributed by atoms with E-state index in [1.54, 1.807) is 12.1 Å². The Hall–Kier alpha value is -3.44. The minimum Gasteiger partial charge on any atom is -0.442 e. The molecule has 0 aromatic heterocycles. The highest BCUT2D eigenvalue weighted by Crippen LogP contribution is 2.29. The minimum atomic E-state index is -0.559. The predicted octanol–water partition coefficient (Wildman–Crippen LogP) is 2.91. The van der Waals surface area contributed by atoms with Crippen LogP contribution in [0.2, 0.25) is 0 Å². The van der Waals surface area contributed by atoms with Gasteiger partial charge in [-0.2, -0.15) is 5.26 Å². The van der Waals surface area contributed by atoms with Crippen LogP contribution in [0, 0.1) is 23.1 Å². The average molecular weight is 422 g/mol. The van der Waals surface area contributed by atoms with Crippen molar-refractivity contribution in [1.82, 2.24) is 10.2 Å². The number of carbonyl (C=O) groups excluding carboxylic acids is 2. The maximum Gasteiger partial charge on any atom is 0.414 e. The summed E-state index contributed by atoms with van der Waals surface area (Å²) in [6.07, 6.45) is -1.03. The van der Waals surface area contributed by atoms with Crippen molar-refractivity contribution in [3.63, 3.8) is 0 Å². The second-order valence-electron chi connectivity index (χ2n) is 7.93. The molecule has 160 valence electrons. The van der Waals surface area contributed by atoms with Gasteiger partial charge in [-0.1, -0.05) is 24.3 Å². The maximum absolute atomic E-state index is 14.8. The summed E-state index contributed by atoms with van der Waals surface area (Å²) in [5, 5.41) is 11.5. The molecular weight excluding hydrogens is 399 g/mol. The number of ether oxygens (including phenoxy) is 1. The van der Waals surface area contributed by atoms with E-state index in [1.807, 2.05) is 24.3 Å². The van der Waals surface area contributed by atoms with Crippen molar-refractivity contribution in [2.24, 2.45) is 5.92 Å². The summed E-state index contributed by atoms with van der Waals surface area (Å²) < 4.78 is 20.1. The van der Waals surface area contributed by atoms with Crippen molar-refractivity contribution < 1.29 is 18.7 Å². The van der Waals surface area contributed by atoms with Gasteiger partial charge in [-0.3, -0.25) is 14.6 Å². The first kappa shape index (κ1) is 20.8. The summed E-state index contributed by atoms with van der Waals surface area (Å²) in [7, 11) is 0. The monoisotopic (exact) mass is 422 g/mol. The zero-order chi connectivity index (χ0) is 22.0. The van der Waals surface area contributed by atoms with Crippen LogP contribution in [0.15, 0.2) is 42.5 Å². The molecule has 0 saturated carbocycles. The molecule has 0 aliphatic carbocycles. The third-order valence-electron chi connectivity index (χ3n) is 5.53. The molecule has 4 rings (SSSR count). The lowest BCUT2D eigenvalue weighted by molar-refractivity contribution is -0.119. The molecule has 2 saturated heterocycles. The molecule has 1 atom stereocenters. The first-order valence-corrected chi connectivity index (χ1v) is 10.2. The van der Waals surface area contributed by atoms with Crippen LogP contribution in [0.5, 0.6) is 0 Å². The Morgan fingerprint density at radius 1 is 1.23 bits per heavy atom. The number of amides is 2. The summed E-state index contributed by atoms with van der Waals surface area (Å²) in [5.41, 5.74) is 2.73. The number of nitrogens with zero attached hydrogens (tertiary/aromatic N) is 3. The summed E-state index contributed by atoms with van der Waals surface area (Å²) in [6, 6.07) is 14.6. The number of hydrogen-bond donors (Lipinski definition) is 1. The summed E-state index contributed by atoms with van der Waals surface area (Å²) in [5.74, 6) is -0.504. The predicted molar refractivity (Wildman–Crippen MR) is 113 cm³/mol. The van der Waals surface area contributed by atoms with Crippen molar-refractivity contribution in [2.45, 2.75) is 19.6 Å². The number of likely N-dealkylation sites (tertiary alicyclic amines) is 1. The zero-order valence-electron chi connectivity index (χ0n) is 17.2. The van der Waals surface area contributed by atoms with Crippen molar-refractivity contribution in [2.75, 3.05) is 31.1 Å². The summed E-state index contributed by atoms with van der Waals surface area (Å²) in [4.78, 5) is 26.7. The average Bonchev–Trinajstić information content (AvgIpc) is 3.10. The van der Waals surface area contributed by atoms with Gasteiger partial charge < -0.3 is 10.1 Å². The van der Waals surface area contributed by atoms with Gasteiger partial charge in [0.05, 0.1) is 30.8 Å². The number of nitrogens with one attached hydrogen (secondary N) is 1. The van der Waals surface area contributed by atoms with E-state index in [4.69, 9.17) is 10.00 Å². The Morgan fingerprint density at radius 2 is 1.97 bits per heavy atom. The van der Waals surface area contributed by atoms with Gasteiger partial charge in [-0.25, -0.2) is 9.18 Å². The number of hydrogen-bond acceptors (Lipinski definition) is 5. The molecule has 2 aromatic rings. The fourth-order valence-corrected chi connectivity index (χ4v) is 3.83. The lowest BCUT2D eigenvalue weighted by Crippen LogP contribution is -2.45. The van der Waals surface area contributed by atoms with E-state index in [2.05, 4.69) is 16.3 Å². The van der Waals surface area contributed by atoms with Crippen LogP contribution in [-0.4, -0.2) is 49.2 Å². The number of cyclic esters (lactones) is 1. The highest BCUT2D eigenvalue weighted by molar-refractivity contribution is 5.90. The molecule has 0 spiro atoms. The molecule has 1 unspecified atom stereocenters. The van der Waals surface area contributed by atoms with Crippen LogP contribution in [0.3, 0.4) is 0 Å². The lowest BCUT2D eigenvalue weighted by Gasteiger charge is -2.35. The second kappa shape index (κ2) is 8.74. The fourth-order valence-electron chi connectivity index (χ4n) is 3.83. The van der Waals surface area contributed by atoms with Crippen LogP contribution < -0.4 is 10.2 Å². The minimum absolute atomic E-state index is 0.125. The van der Waals surface area contributed by atoms with Gasteiger partial charge in [0.1, 0.15) is 11.9 Å². The number of anilines is 1. The van der Waals surface area contributed by atoms with Gasteiger partial charge in [0.15, 0.2) is 0 Å². The molecule has 2 amide bonds. The number of rotatable bonds is 6. The van der Waals surface area contributed by atoms with Crippen LogP contribution in [0.25, 0.3) is 11.1 Å². The Kier molecular flexibility index (Phi) is 5.87. The van der Waals surface area contributed by atoms with Gasteiger partial charge in [0.2, 0.25) is 5.91 Å². The van der Waals surface area contributed by atoms with Crippen LogP contribution in [-0.2, 0) is 16.1 Å². The fraction of sp³-hybridized carbons (Fsp3) is 0.348. The Balaban J connectivity index is 1.41. The maximum atomic E-state index is 14.8. The number of benzene rings is 2. The zero-order valence-corrected chi connectivity index (χ0v) is 17.2. The Labute approximate surface area is 180 Å².